The van der Waals surface area contributed by atoms with Gasteiger partial charge in [-0.15, -0.1) is 11.3 Å². The highest BCUT2D eigenvalue weighted by molar-refractivity contribution is 7.99. The first-order valence-electron chi connectivity index (χ1n) is 8.80. The Morgan fingerprint density at radius 3 is 2.63 bits per heavy atom. The Morgan fingerprint density at radius 2 is 1.96 bits per heavy atom. The topological polar surface area (TPSA) is 55.2 Å². The second kappa shape index (κ2) is 7.86. The molecule has 3 rings (SSSR count). The molecule has 0 unspecified atom stereocenters. The molecular weight excluding hydrogens is 378 g/mol. The van der Waals surface area contributed by atoms with Gasteiger partial charge in [0.05, 0.1) is 11.1 Å². The molecule has 3 aromatic rings. The van der Waals surface area contributed by atoms with Crippen molar-refractivity contribution in [3.05, 3.63) is 50.6 Å². The summed E-state index contributed by atoms with van der Waals surface area (Å²) in [4.78, 5) is 33.8. The van der Waals surface area contributed by atoms with Crippen LogP contribution in [0.5, 0.6) is 0 Å². The van der Waals surface area contributed by atoms with Crippen molar-refractivity contribution in [2.24, 2.45) is 7.05 Å². The summed E-state index contributed by atoms with van der Waals surface area (Å²) < 4.78 is 1.55. The maximum Gasteiger partial charge on any atom is 0.262 e. The third kappa shape index (κ3) is 3.66. The molecule has 0 aliphatic heterocycles. The second-order valence-corrected chi connectivity index (χ2v) is 8.58. The zero-order valence-electron chi connectivity index (χ0n) is 16.2. The minimum absolute atomic E-state index is 0.00434. The molecule has 142 valence electrons. The van der Waals surface area contributed by atoms with Gasteiger partial charge in [0.1, 0.15) is 4.83 Å². The lowest BCUT2D eigenvalue weighted by atomic mass is 10.2. The summed E-state index contributed by atoms with van der Waals surface area (Å²) in [6.45, 7) is 8.51. The van der Waals surface area contributed by atoms with Crippen LogP contribution in [-0.4, -0.2) is 27.8 Å². The summed E-state index contributed by atoms with van der Waals surface area (Å²) in [5.41, 5.74) is 2.93. The number of aryl methyl sites for hydroxylation is 3. The first-order chi connectivity index (χ1) is 12.8. The fourth-order valence-corrected chi connectivity index (χ4v) is 4.96. The lowest BCUT2D eigenvalue weighted by Gasteiger charge is -2.22. The average molecular weight is 402 g/mol. The van der Waals surface area contributed by atoms with Crippen molar-refractivity contribution < 1.29 is 4.79 Å². The summed E-state index contributed by atoms with van der Waals surface area (Å²) in [6, 6.07) is 7.86. The number of carbonyl (C=O) groups is 1. The molecule has 1 amide bonds. The van der Waals surface area contributed by atoms with Gasteiger partial charge >= 0.3 is 0 Å². The molecule has 0 spiro atoms. The highest BCUT2D eigenvalue weighted by atomic mass is 32.2. The van der Waals surface area contributed by atoms with Gasteiger partial charge < -0.3 is 4.90 Å². The number of thioether (sulfide) groups is 1. The van der Waals surface area contributed by atoms with Gasteiger partial charge in [-0.05, 0) is 44.9 Å². The molecule has 7 heteroatoms. The number of fused-ring (bicyclic) bond motifs is 1. The van der Waals surface area contributed by atoms with Crippen LogP contribution in [0.4, 0.5) is 5.69 Å². The third-order valence-corrected chi connectivity index (χ3v) is 6.83. The zero-order valence-corrected chi connectivity index (χ0v) is 17.8. The fourth-order valence-electron chi connectivity index (χ4n) is 3.04. The van der Waals surface area contributed by atoms with E-state index < -0.39 is 0 Å². The minimum Gasteiger partial charge on any atom is -0.312 e. The Bertz CT molecular complexity index is 1070. The quantitative estimate of drug-likeness (QED) is 0.478. The van der Waals surface area contributed by atoms with E-state index in [1.54, 1.807) is 16.5 Å². The lowest BCUT2D eigenvalue weighted by molar-refractivity contribution is -0.116. The van der Waals surface area contributed by atoms with Crippen molar-refractivity contribution in [2.75, 3.05) is 17.2 Å². The van der Waals surface area contributed by atoms with Crippen LogP contribution in [-0.2, 0) is 11.8 Å². The van der Waals surface area contributed by atoms with Crippen molar-refractivity contribution in [1.82, 2.24) is 9.55 Å². The molecule has 0 radical (unpaired) electrons. The molecule has 5 nitrogen and oxygen atoms in total. The minimum atomic E-state index is -0.0527. The van der Waals surface area contributed by atoms with Crippen LogP contribution in [0.25, 0.3) is 10.2 Å². The number of rotatable bonds is 5. The maximum absolute atomic E-state index is 12.8. The van der Waals surface area contributed by atoms with Crippen LogP contribution in [0.1, 0.15) is 22.9 Å². The predicted octanol–water partition coefficient (Wildman–Crippen LogP) is 4.07. The molecular formula is C20H23N3O2S2. The molecule has 1 aromatic carbocycles. The molecule has 0 N–H and O–H groups in total. The van der Waals surface area contributed by atoms with Crippen molar-refractivity contribution in [3.63, 3.8) is 0 Å². The molecule has 0 fully saturated rings. The van der Waals surface area contributed by atoms with Gasteiger partial charge in [0.15, 0.2) is 5.16 Å². The van der Waals surface area contributed by atoms with Crippen molar-refractivity contribution in [2.45, 2.75) is 32.9 Å². The van der Waals surface area contributed by atoms with Crippen molar-refractivity contribution >= 4 is 44.9 Å². The van der Waals surface area contributed by atoms with E-state index in [-0.39, 0.29) is 17.2 Å². The number of hydrogen-bond donors (Lipinski definition) is 0. The smallest absolute Gasteiger partial charge is 0.262 e. The predicted molar refractivity (Wildman–Crippen MR) is 114 cm³/mol. The van der Waals surface area contributed by atoms with E-state index in [2.05, 4.69) is 4.98 Å². The van der Waals surface area contributed by atoms with E-state index >= 15 is 0 Å². The van der Waals surface area contributed by atoms with Gasteiger partial charge in [0.2, 0.25) is 5.91 Å². The zero-order chi connectivity index (χ0) is 19.7. The summed E-state index contributed by atoms with van der Waals surface area (Å²) in [7, 11) is 1.72. The number of anilines is 1. The summed E-state index contributed by atoms with van der Waals surface area (Å²) in [5, 5.41) is 1.26. The first kappa shape index (κ1) is 19.6. The summed E-state index contributed by atoms with van der Waals surface area (Å²) in [6.07, 6.45) is 0. The van der Waals surface area contributed by atoms with Crippen LogP contribution in [0.3, 0.4) is 0 Å². The van der Waals surface area contributed by atoms with Crippen LogP contribution in [0.2, 0.25) is 0 Å². The molecule has 0 aliphatic rings. The molecule has 0 bridgehead atoms. The number of aromatic nitrogens is 2. The Morgan fingerprint density at radius 1 is 1.26 bits per heavy atom. The number of para-hydroxylation sites is 1. The van der Waals surface area contributed by atoms with Crippen molar-refractivity contribution in [1.29, 1.82) is 0 Å². The molecule has 0 saturated carbocycles. The van der Waals surface area contributed by atoms with E-state index in [1.807, 2.05) is 52.0 Å². The molecule has 2 aromatic heterocycles. The summed E-state index contributed by atoms with van der Waals surface area (Å²) >= 11 is 2.84. The monoisotopic (exact) mass is 401 g/mol. The number of thiophene rings is 1. The van der Waals surface area contributed by atoms with Gasteiger partial charge in [-0.2, -0.15) is 0 Å². The normalized spacial score (nSPS) is 11.1. The molecule has 0 aliphatic carbocycles. The highest BCUT2D eigenvalue weighted by Crippen LogP contribution is 2.28. The van der Waals surface area contributed by atoms with Gasteiger partial charge in [-0.1, -0.05) is 30.0 Å². The van der Waals surface area contributed by atoms with E-state index in [9.17, 15) is 9.59 Å². The Labute approximate surface area is 167 Å². The number of hydrogen-bond acceptors (Lipinski definition) is 5. The van der Waals surface area contributed by atoms with E-state index in [0.29, 0.717) is 17.1 Å². The van der Waals surface area contributed by atoms with E-state index in [0.717, 1.165) is 26.5 Å². The maximum atomic E-state index is 12.8. The average Bonchev–Trinajstić information content (AvgIpc) is 2.93. The van der Waals surface area contributed by atoms with Gasteiger partial charge in [-0.3, -0.25) is 14.2 Å². The van der Waals surface area contributed by atoms with E-state index in [1.165, 1.54) is 23.1 Å². The number of nitrogens with zero attached hydrogens (tertiary/aromatic N) is 3. The Balaban J connectivity index is 1.86. The van der Waals surface area contributed by atoms with Gasteiger partial charge in [-0.25, -0.2) is 4.98 Å². The van der Waals surface area contributed by atoms with Gasteiger partial charge in [0.25, 0.3) is 5.56 Å². The van der Waals surface area contributed by atoms with Crippen molar-refractivity contribution in [3.8, 4) is 0 Å². The SMILES string of the molecule is CCN(C(=O)CSc1nc2sc(C)c(C)c2c(=O)n1C)c1ccccc1C. The molecule has 0 saturated heterocycles. The lowest BCUT2D eigenvalue weighted by Crippen LogP contribution is -2.33. The molecule has 27 heavy (non-hydrogen) atoms. The van der Waals surface area contributed by atoms with E-state index in [4.69, 9.17) is 0 Å². The Hall–Kier alpha value is -2.12. The van der Waals surface area contributed by atoms with Crippen LogP contribution in [0.15, 0.2) is 34.2 Å². The largest absolute Gasteiger partial charge is 0.312 e. The van der Waals surface area contributed by atoms with Crippen LogP contribution >= 0.6 is 23.1 Å². The van der Waals surface area contributed by atoms with Crippen LogP contribution in [0, 0.1) is 20.8 Å². The van der Waals surface area contributed by atoms with Gasteiger partial charge in [0, 0.05) is 24.2 Å². The highest BCUT2D eigenvalue weighted by Gasteiger charge is 2.19. The standard InChI is InChI=1S/C20H23N3O2S2/c1-6-23(15-10-8-7-9-12(15)2)16(24)11-26-20-21-18-17(19(25)22(20)5)13(3)14(4)27-18/h7-10H,6,11H2,1-5H3. The number of carbonyl (C=O) groups excluding carboxylic acids is 1. The second-order valence-electron chi connectivity index (χ2n) is 6.44. The third-order valence-electron chi connectivity index (χ3n) is 4.72. The van der Waals surface area contributed by atoms with Crippen LogP contribution < -0.4 is 10.5 Å². The first-order valence-corrected chi connectivity index (χ1v) is 10.6. The fraction of sp³-hybridized carbons (Fsp3) is 0.350. The summed E-state index contributed by atoms with van der Waals surface area (Å²) in [5.74, 6) is 0.238. The molecule has 0 atom stereocenters. The Kier molecular flexibility index (Phi) is 5.72. The number of benzene rings is 1. The molecule has 2 heterocycles. The number of amides is 1.